The molecule has 1 atom stereocenters. The molecule has 1 aliphatic heterocycles. The number of sulfone groups is 1. The van der Waals surface area contributed by atoms with Gasteiger partial charge < -0.3 is 10.4 Å². The van der Waals surface area contributed by atoms with E-state index in [9.17, 15) is 13.5 Å². The van der Waals surface area contributed by atoms with Gasteiger partial charge in [0.1, 0.15) is 5.75 Å². The standard InChI is InChI=1S/C12H17NO3S/c1-17(15,16)11-6-2-5-10(14)12(11)9-4-3-7-13-8-9/h2,5-6,9,13-14H,3-4,7-8H2,1H3. The van der Waals surface area contributed by atoms with Crippen LogP contribution in [0.3, 0.4) is 0 Å². The SMILES string of the molecule is CS(=O)(=O)c1cccc(O)c1C1CCCNC1. The Morgan fingerprint density at radius 1 is 1.41 bits per heavy atom. The Labute approximate surface area is 102 Å². The first-order valence-corrected chi connectivity index (χ1v) is 7.62. The van der Waals surface area contributed by atoms with Crippen molar-refractivity contribution in [3.8, 4) is 5.75 Å². The summed E-state index contributed by atoms with van der Waals surface area (Å²) in [4.78, 5) is 0.256. The van der Waals surface area contributed by atoms with Gasteiger partial charge in [0.25, 0.3) is 0 Å². The summed E-state index contributed by atoms with van der Waals surface area (Å²) >= 11 is 0. The topological polar surface area (TPSA) is 66.4 Å². The normalized spacial score (nSPS) is 21.4. The molecular formula is C12H17NO3S. The van der Waals surface area contributed by atoms with Gasteiger partial charge >= 0.3 is 0 Å². The third-order valence-corrected chi connectivity index (χ3v) is 4.30. The van der Waals surface area contributed by atoms with Crippen LogP contribution in [0.1, 0.15) is 24.3 Å². The van der Waals surface area contributed by atoms with Gasteiger partial charge in [-0.1, -0.05) is 6.07 Å². The number of hydrogen-bond acceptors (Lipinski definition) is 4. The highest BCUT2D eigenvalue weighted by Gasteiger charge is 2.25. The first-order chi connectivity index (χ1) is 8.00. The molecule has 1 heterocycles. The molecule has 2 N–H and O–H groups in total. The van der Waals surface area contributed by atoms with Crippen molar-refractivity contribution in [1.82, 2.24) is 5.32 Å². The molecule has 0 bridgehead atoms. The molecule has 0 saturated carbocycles. The van der Waals surface area contributed by atoms with Crippen molar-refractivity contribution in [2.75, 3.05) is 19.3 Å². The van der Waals surface area contributed by atoms with Gasteiger partial charge in [-0.2, -0.15) is 0 Å². The van der Waals surface area contributed by atoms with E-state index >= 15 is 0 Å². The predicted octanol–water partition coefficient (Wildman–Crippen LogP) is 1.26. The smallest absolute Gasteiger partial charge is 0.175 e. The van der Waals surface area contributed by atoms with Gasteiger partial charge in [-0.25, -0.2) is 8.42 Å². The maximum absolute atomic E-state index is 11.7. The Bertz CT molecular complexity index is 504. The van der Waals surface area contributed by atoms with Gasteiger partial charge in [0.2, 0.25) is 0 Å². The van der Waals surface area contributed by atoms with Gasteiger partial charge in [0, 0.05) is 24.3 Å². The molecule has 94 valence electrons. The van der Waals surface area contributed by atoms with Crippen molar-refractivity contribution in [2.24, 2.45) is 0 Å². The van der Waals surface area contributed by atoms with Crippen LogP contribution in [0.15, 0.2) is 23.1 Å². The van der Waals surface area contributed by atoms with Crippen LogP contribution in [-0.4, -0.2) is 32.9 Å². The van der Waals surface area contributed by atoms with E-state index < -0.39 is 9.84 Å². The second-order valence-corrected chi connectivity index (χ2v) is 6.49. The number of piperidine rings is 1. The minimum absolute atomic E-state index is 0.0784. The Balaban J connectivity index is 2.50. The van der Waals surface area contributed by atoms with Crippen molar-refractivity contribution < 1.29 is 13.5 Å². The third-order valence-electron chi connectivity index (χ3n) is 3.15. The highest BCUT2D eigenvalue weighted by molar-refractivity contribution is 7.90. The van der Waals surface area contributed by atoms with Crippen LogP contribution in [0.5, 0.6) is 5.75 Å². The monoisotopic (exact) mass is 255 g/mol. The lowest BCUT2D eigenvalue weighted by Crippen LogP contribution is -2.29. The molecule has 1 aromatic rings. The van der Waals surface area contributed by atoms with Crippen molar-refractivity contribution in [3.05, 3.63) is 23.8 Å². The minimum atomic E-state index is -3.29. The summed E-state index contributed by atoms with van der Waals surface area (Å²) in [5.41, 5.74) is 0.571. The van der Waals surface area contributed by atoms with Crippen LogP contribution in [-0.2, 0) is 9.84 Å². The summed E-state index contributed by atoms with van der Waals surface area (Å²) < 4.78 is 23.4. The van der Waals surface area contributed by atoms with Gasteiger partial charge in [-0.15, -0.1) is 0 Å². The molecule has 1 fully saturated rings. The Morgan fingerprint density at radius 2 is 2.18 bits per heavy atom. The summed E-state index contributed by atoms with van der Waals surface area (Å²) in [5, 5.41) is 13.1. The molecule has 0 aliphatic carbocycles. The average molecular weight is 255 g/mol. The minimum Gasteiger partial charge on any atom is -0.508 e. The van der Waals surface area contributed by atoms with Gasteiger partial charge in [-0.05, 0) is 31.5 Å². The van der Waals surface area contributed by atoms with Crippen LogP contribution < -0.4 is 5.32 Å². The molecule has 1 saturated heterocycles. The van der Waals surface area contributed by atoms with E-state index in [2.05, 4.69) is 5.32 Å². The number of rotatable bonds is 2. The largest absolute Gasteiger partial charge is 0.508 e. The lowest BCUT2D eigenvalue weighted by atomic mass is 9.91. The lowest BCUT2D eigenvalue weighted by Gasteiger charge is -2.25. The fourth-order valence-electron chi connectivity index (χ4n) is 2.36. The number of phenolic OH excluding ortho intramolecular Hbond substituents is 1. The molecule has 1 aliphatic rings. The Morgan fingerprint density at radius 3 is 2.76 bits per heavy atom. The molecule has 17 heavy (non-hydrogen) atoms. The first-order valence-electron chi connectivity index (χ1n) is 5.73. The van der Waals surface area contributed by atoms with E-state index in [0.717, 1.165) is 25.9 Å². The molecule has 1 unspecified atom stereocenters. The number of phenols is 1. The Hall–Kier alpha value is -1.07. The maximum atomic E-state index is 11.7. The van der Waals surface area contributed by atoms with E-state index in [0.29, 0.717) is 5.56 Å². The highest BCUT2D eigenvalue weighted by atomic mass is 32.2. The summed E-state index contributed by atoms with van der Waals surface area (Å²) in [6.07, 6.45) is 3.09. The van der Waals surface area contributed by atoms with E-state index in [1.165, 1.54) is 6.26 Å². The van der Waals surface area contributed by atoms with Crippen LogP contribution >= 0.6 is 0 Å². The van der Waals surface area contributed by atoms with E-state index in [4.69, 9.17) is 0 Å². The van der Waals surface area contributed by atoms with E-state index in [1.54, 1.807) is 18.2 Å². The average Bonchev–Trinajstić information content (AvgIpc) is 2.28. The van der Waals surface area contributed by atoms with Crippen LogP contribution in [0.25, 0.3) is 0 Å². The summed E-state index contributed by atoms with van der Waals surface area (Å²) in [7, 11) is -3.29. The van der Waals surface area contributed by atoms with Crippen molar-refractivity contribution in [2.45, 2.75) is 23.7 Å². The molecule has 0 spiro atoms. The van der Waals surface area contributed by atoms with Gasteiger partial charge in [0.15, 0.2) is 9.84 Å². The fourth-order valence-corrected chi connectivity index (χ4v) is 3.36. The van der Waals surface area contributed by atoms with Gasteiger partial charge in [0.05, 0.1) is 4.90 Å². The summed E-state index contributed by atoms with van der Waals surface area (Å²) in [5.74, 6) is 0.163. The zero-order valence-corrected chi connectivity index (χ0v) is 10.6. The highest BCUT2D eigenvalue weighted by Crippen LogP contribution is 2.35. The maximum Gasteiger partial charge on any atom is 0.175 e. The number of hydrogen-bond donors (Lipinski definition) is 2. The molecule has 1 aromatic carbocycles. The van der Waals surface area contributed by atoms with Crippen LogP contribution in [0.4, 0.5) is 0 Å². The number of aromatic hydroxyl groups is 1. The lowest BCUT2D eigenvalue weighted by molar-refractivity contribution is 0.419. The predicted molar refractivity (Wildman–Crippen MR) is 66.1 cm³/mol. The summed E-state index contributed by atoms with van der Waals surface area (Å²) in [6, 6.07) is 4.70. The number of benzene rings is 1. The Kier molecular flexibility index (Phi) is 3.40. The molecule has 0 amide bonds. The zero-order chi connectivity index (χ0) is 12.5. The van der Waals surface area contributed by atoms with Crippen molar-refractivity contribution in [3.63, 3.8) is 0 Å². The van der Waals surface area contributed by atoms with E-state index in [-0.39, 0.29) is 16.6 Å². The van der Waals surface area contributed by atoms with Crippen molar-refractivity contribution >= 4 is 9.84 Å². The summed E-state index contributed by atoms with van der Waals surface area (Å²) in [6.45, 7) is 1.68. The van der Waals surface area contributed by atoms with Crippen LogP contribution in [0, 0.1) is 0 Å². The molecule has 0 aromatic heterocycles. The van der Waals surface area contributed by atoms with Crippen molar-refractivity contribution in [1.29, 1.82) is 0 Å². The third kappa shape index (κ3) is 2.61. The van der Waals surface area contributed by atoms with E-state index in [1.807, 2.05) is 0 Å². The molecule has 5 heteroatoms. The molecular weight excluding hydrogens is 238 g/mol. The first kappa shape index (κ1) is 12.4. The molecule has 0 radical (unpaired) electrons. The van der Waals surface area contributed by atoms with Crippen LogP contribution in [0.2, 0.25) is 0 Å². The quantitative estimate of drug-likeness (QED) is 0.835. The van der Waals surface area contributed by atoms with Gasteiger partial charge in [-0.3, -0.25) is 0 Å². The fraction of sp³-hybridized carbons (Fsp3) is 0.500. The second-order valence-electron chi connectivity index (χ2n) is 4.50. The number of nitrogens with one attached hydrogen (secondary N) is 1. The second kappa shape index (κ2) is 4.66. The molecule has 2 rings (SSSR count). The molecule has 4 nitrogen and oxygen atoms in total. The zero-order valence-electron chi connectivity index (χ0n) is 9.81.